The van der Waals surface area contributed by atoms with E-state index in [1.165, 1.54) is 6.92 Å². The second-order valence-electron chi connectivity index (χ2n) is 6.61. The van der Waals surface area contributed by atoms with Crippen molar-refractivity contribution >= 4 is 29.0 Å². The Labute approximate surface area is 135 Å². The van der Waals surface area contributed by atoms with Crippen LogP contribution in [0.15, 0.2) is 29.4 Å². The van der Waals surface area contributed by atoms with Crippen molar-refractivity contribution in [2.45, 2.75) is 40.0 Å². The van der Waals surface area contributed by atoms with Crippen molar-refractivity contribution in [1.29, 1.82) is 0 Å². The number of amides is 2. The van der Waals surface area contributed by atoms with E-state index in [9.17, 15) is 14.4 Å². The summed E-state index contributed by atoms with van der Waals surface area (Å²) < 4.78 is 0. The Balaban J connectivity index is 2.00. The summed E-state index contributed by atoms with van der Waals surface area (Å²) in [6.45, 7) is 5.45. The lowest BCUT2D eigenvalue weighted by Gasteiger charge is -2.28. The molecule has 122 valence electrons. The Morgan fingerprint density at radius 2 is 1.78 bits per heavy atom. The SMILES string of the molecule is CC(=O)Nc1ccc(C(=O)N/N=C2\CC(=O)CC(C)(C)C2)cc1. The van der Waals surface area contributed by atoms with Gasteiger partial charge < -0.3 is 5.32 Å². The fourth-order valence-electron chi connectivity index (χ4n) is 2.68. The van der Waals surface area contributed by atoms with E-state index in [0.29, 0.717) is 36.2 Å². The molecule has 0 saturated heterocycles. The van der Waals surface area contributed by atoms with Gasteiger partial charge in [0.25, 0.3) is 5.91 Å². The number of nitrogens with zero attached hydrogens (tertiary/aromatic N) is 1. The molecule has 6 heteroatoms. The zero-order valence-electron chi connectivity index (χ0n) is 13.6. The largest absolute Gasteiger partial charge is 0.326 e. The summed E-state index contributed by atoms with van der Waals surface area (Å²) in [5.74, 6) is -0.366. The highest BCUT2D eigenvalue weighted by molar-refractivity contribution is 6.05. The average Bonchev–Trinajstić information content (AvgIpc) is 2.43. The highest BCUT2D eigenvalue weighted by Crippen LogP contribution is 2.31. The molecule has 0 bridgehead atoms. The number of Topliss-reactive ketones (excluding diaryl/α,β-unsaturated/α-hetero) is 1. The van der Waals surface area contributed by atoms with Crippen LogP contribution in [-0.4, -0.2) is 23.3 Å². The molecule has 2 rings (SSSR count). The van der Waals surface area contributed by atoms with E-state index in [0.717, 1.165) is 0 Å². The van der Waals surface area contributed by atoms with Gasteiger partial charge in [0.05, 0.1) is 0 Å². The average molecular weight is 315 g/mol. The van der Waals surface area contributed by atoms with Crippen molar-refractivity contribution in [2.75, 3.05) is 5.32 Å². The van der Waals surface area contributed by atoms with E-state index in [4.69, 9.17) is 0 Å². The lowest BCUT2D eigenvalue weighted by atomic mass is 9.76. The summed E-state index contributed by atoms with van der Waals surface area (Å²) in [6.07, 6.45) is 1.54. The maximum atomic E-state index is 12.1. The third-order valence-corrected chi connectivity index (χ3v) is 3.54. The van der Waals surface area contributed by atoms with Gasteiger partial charge in [-0.3, -0.25) is 14.4 Å². The molecule has 23 heavy (non-hydrogen) atoms. The van der Waals surface area contributed by atoms with Gasteiger partial charge in [0.1, 0.15) is 5.78 Å². The first-order chi connectivity index (χ1) is 10.7. The third kappa shape index (κ3) is 5.02. The van der Waals surface area contributed by atoms with Crippen LogP contribution in [0.1, 0.15) is 50.4 Å². The molecule has 1 aliphatic carbocycles. The molecule has 1 fully saturated rings. The Morgan fingerprint density at radius 1 is 1.13 bits per heavy atom. The molecule has 2 amide bonds. The van der Waals surface area contributed by atoms with Crippen molar-refractivity contribution in [3.63, 3.8) is 0 Å². The molecule has 0 spiro atoms. The van der Waals surface area contributed by atoms with E-state index in [1.807, 2.05) is 13.8 Å². The van der Waals surface area contributed by atoms with Crippen LogP contribution in [0.3, 0.4) is 0 Å². The minimum Gasteiger partial charge on any atom is -0.326 e. The fraction of sp³-hybridized carbons (Fsp3) is 0.412. The number of hydrogen-bond acceptors (Lipinski definition) is 4. The molecule has 1 saturated carbocycles. The zero-order valence-corrected chi connectivity index (χ0v) is 13.6. The van der Waals surface area contributed by atoms with Crippen molar-refractivity contribution < 1.29 is 14.4 Å². The van der Waals surface area contributed by atoms with Crippen LogP contribution < -0.4 is 10.7 Å². The van der Waals surface area contributed by atoms with Gasteiger partial charge in [-0.25, -0.2) is 5.43 Å². The number of carbonyl (C=O) groups is 3. The van der Waals surface area contributed by atoms with Crippen molar-refractivity contribution in [1.82, 2.24) is 5.43 Å². The van der Waals surface area contributed by atoms with Gasteiger partial charge in [0, 0.05) is 36.7 Å². The van der Waals surface area contributed by atoms with Crippen LogP contribution >= 0.6 is 0 Å². The molecular weight excluding hydrogens is 294 g/mol. The number of ketones is 1. The molecule has 2 N–H and O–H groups in total. The first kappa shape index (κ1) is 16.9. The number of anilines is 1. The van der Waals surface area contributed by atoms with Gasteiger partial charge in [-0.2, -0.15) is 5.10 Å². The van der Waals surface area contributed by atoms with Crippen molar-refractivity contribution in [3.05, 3.63) is 29.8 Å². The summed E-state index contributed by atoms with van der Waals surface area (Å²) in [7, 11) is 0. The number of carbonyl (C=O) groups excluding carboxylic acids is 3. The Morgan fingerprint density at radius 3 is 2.35 bits per heavy atom. The van der Waals surface area contributed by atoms with Crippen LogP contribution in [0, 0.1) is 5.41 Å². The Bertz CT molecular complexity index is 660. The highest BCUT2D eigenvalue weighted by atomic mass is 16.2. The second kappa shape index (κ2) is 6.73. The maximum Gasteiger partial charge on any atom is 0.271 e. The number of rotatable bonds is 3. The van der Waals surface area contributed by atoms with Crippen LogP contribution in [0.2, 0.25) is 0 Å². The van der Waals surface area contributed by atoms with E-state index < -0.39 is 0 Å². The highest BCUT2D eigenvalue weighted by Gasteiger charge is 2.30. The van der Waals surface area contributed by atoms with Crippen molar-refractivity contribution in [2.24, 2.45) is 10.5 Å². The number of hydrogen-bond donors (Lipinski definition) is 2. The lowest BCUT2D eigenvalue weighted by molar-refractivity contribution is -0.120. The second-order valence-corrected chi connectivity index (χ2v) is 6.61. The van der Waals surface area contributed by atoms with E-state index in [1.54, 1.807) is 24.3 Å². The number of hydrazone groups is 1. The lowest BCUT2D eigenvalue weighted by Crippen LogP contribution is -2.31. The first-order valence-electron chi connectivity index (χ1n) is 7.50. The van der Waals surface area contributed by atoms with Gasteiger partial charge in [0.2, 0.25) is 5.91 Å². The van der Waals surface area contributed by atoms with Crippen LogP contribution in [0.25, 0.3) is 0 Å². The molecular formula is C17H21N3O3. The predicted molar refractivity (Wildman–Crippen MR) is 88.3 cm³/mol. The summed E-state index contributed by atoms with van der Waals surface area (Å²) in [5.41, 5.74) is 4.15. The molecule has 1 aromatic carbocycles. The number of benzene rings is 1. The summed E-state index contributed by atoms with van der Waals surface area (Å²) in [6, 6.07) is 6.51. The topological polar surface area (TPSA) is 87.6 Å². The fourth-order valence-corrected chi connectivity index (χ4v) is 2.68. The van der Waals surface area contributed by atoms with Gasteiger partial charge >= 0.3 is 0 Å². The Kier molecular flexibility index (Phi) is 4.93. The third-order valence-electron chi connectivity index (χ3n) is 3.54. The normalized spacial score (nSPS) is 18.6. The predicted octanol–water partition coefficient (Wildman–Crippen LogP) is 2.51. The summed E-state index contributed by atoms with van der Waals surface area (Å²) >= 11 is 0. The minimum atomic E-state index is -0.345. The van der Waals surface area contributed by atoms with Gasteiger partial charge in [-0.1, -0.05) is 13.8 Å². The standard InChI is InChI=1S/C17H21N3O3/c1-11(21)18-13-6-4-12(5-7-13)16(23)20-19-14-8-15(22)10-17(2,3)9-14/h4-7H,8-10H2,1-3H3,(H,18,21)(H,20,23)/b19-14+. The van der Waals surface area contributed by atoms with Gasteiger partial charge in [-0.05, 0) is 36.1 Å². The molecule has 0 atom stereocenters. The Hall–Kier alpha value is -2.50. The van der Waals surface area contributed by atoms with Gasteiger partial charge in [0.15, 0.2) is 0 Å². The molecule has 1 aromatic rings. The van der Waals surface area contributed by atoms with Gasteiger partial charge in [-0.15, -0.1) is 0 Å². The number of nitrogens with one attached hydrogen (secondary N) is 2. The summed E-state index contributed by atoms with van der Waals surface area (Å²) in [5, 5.41) is 6.74. The van der Waals surface area contributed by atoms with E-state index in [2.05, 4.69) is 15.8 Å². The molecule has 1 aliphatic rings. The molecule has 0 aromatic heterocycles. The van der Waals surface area contributed by atoms with E-state index >= 15 is 0 Å². The molecule has 0 unspecified atom stereocenters. The monoisotopic (exact) mass is 315 g/mol. The maximum absolute atomic E-state index is 12.1. The van der Waals surface area contributed by atoms with Crippen molar-refractivity contribution in [3.8, 4) is 0 Å². The minimum absolute atomic E-state index is 0.112. The molecule has 0 aliphatic heterocycles. The van der Waals surface area contributed by atoms with Crippen LogP contribution in [0.4, 0.5) is 5.69 Å². The van der Waals surface area contributed by atoms with Crippen LogP contribution in [0.5, 0.6) is 0 Å². The zero-order chi connectivity index (χ0) is 17.0. The van der Waals surface area contributed by atoms with Crippen LogP contribution in [-0.2, 0) is 9.59 Å². The van der Waals surface area contributed by atoms with E-state index in [-0.39, 0.29) is 23.0 Å². The summed E-state index contributed by atoms with van der Waals surface area (Å²) in [4.78, 5) is 34.7. The smallest absolute Gasteiger partial charge is 0.271 e. The molecule has 0 radical (unpaired) electrons. The first-order valence-corrected chi connectivity index (χ1v) is 7.50. The molecule has 0 heterocycles. The quantitative estimate of drug-likeness (QED) is 0.840. The molecule has 6 nitrogen and oxygen atoms in total.